The van der Waals surface area contributed by atoms with Crippen molar-refractivity contribution >= 4 is 34.8 Å². The van der Waals surface area contributed by atoms with E-state index in [0.717, 1.165) is 42.3 Å². The van der Waals surface area contributed by atoms with Crippen molar-refractivity contribution in [1.82, 2.24) is 19.8 Å². The molecular formula is C39H55N5O9. The van der Waals surface area contributed by atoms with Gasteiger partial charge in [-0.15, -0.1) is 0 Å². The van der Waals surface area contributed by atoms with Gasteiger partial charge in [0.2, 0.25) is 17.7 Å². The Balaban J connectivity index is 1.09. The number of nitrogens with one attached hydrogen (secondary N) is 2. The number of amides is 4. The molecule has 4 amide bonds. The summed E-state index contributed by atoms with van der Waals surface area (Å²) in [7, 11) is 1.69. The zero-order chi connectivity index (χ0) is 38.5. The van der Waals surface area contributed by atoms with E-state index in [1.165, 1.54) is 10.1 Å². The molecule has 3 aromatic rings. The number of imide groups is 1. The zero-order valence-electron chi connectivity index (χ0n) is 31.6. The summed E-state index contributed by atoms with van der Waals surface area (Å²) in [6, 6.07) is 12.9. The number of piperidine rings is 1. The van der Waals surface area contributed by atoms with Gasteiger partial charge in [0.15, 0.2) is 0 Å². The molecule has 4 N–H and O–H groups in total. The predicted octanol–water partition coefficient (Wildman–Crippen LogP) is 3.98. The molecule has 1 aliphatic heterocycles. The van der Waals surface area contributed by atoms with E-state index in [1.807, 2.05) is 37.3 Å². The second-order valence-corrected chi connectivity index (χ2v) is 14.5. The lowest BCUT2D eigenvalue weighted by Gasteiger charge is -2.27. The first-order chi connectivity index (χ1) is 25.2. The molecule has 1 saturated heterocycles. The molecule has 0 spiro atoms. The zero-order valence-corrected chi connectivity index (χ0v) is 31.6. The maximum absolute atomic E-state index is 13.0. The summed E-state index contributed by atoms with van der Waals surface area (Å²) in [6.45, 7) is 9.79. The molecule has 53 heavy (non-hydrogen) atoms. The molecule has 14 heteroatoms. The maximum Gasteiger partial charge on any atom is 0.407 e. The van der Waals surface area contributed by atoms with E-state index in [2.05, 4.69) is 22.8 Å². The minimum absolute atomic E-state index is 0.123. The number of aromatic nitrogens is 2. The van der Waals surface area contributed by atoms with E-state index in [9.17, 15) is 24.0 Å². The van der Waals surface area contributed by atoms with E-state index in [4.69, 9.17) is 24.7 Å². The fourth-order valence-corrected chi connectivity index (χ4v) is 6.20. The van der Waals surface area contributed by atoms with E-state index < -0.39 is 35.6 Å². The molecule has 3 atom stereocenters. The molecule has 4 rings (SSSR count). The van der Waals surface area contributed by atoms with Crippen LogP contribution < -0.4 is 22.1 Å². The minimum atomic E-state index is -0.695. The smallest absolute Gasteiger partial charge is 0.407 e. The Hall–Kier alpha value is -4.53. The summed E-state index contributed by atoms with van der Waals surface area (Å²) in [5, 5.41) is 5.15. The number of imidazole rings is 1. The number of nitrogens with two attached hydrogens (primary N) is 1. The van der Waals surface area contributed by atoms with Crippen molar-refractivity contribution in [3.63, 3.8) is 0 Å². The molecule has 290 valence electrons. The van der Waals surface area contributed by atoms with Crippen molar-refractivity contribution in [3.05, 3.63) is 69.6 Å². The van der Waals surface area contributed by atoms with Crippen LogP contribution in [0.5, 0.6) is 0 Å². The average Bonchev–Trinajstić information content (AvgIpc) is 3.34. The van der Waals surface area contributed by atoms with Crippen molar-refractivity contribution in [3.8, 4) is 0 Å². The van der Waals surface area contributed by atoms with E-state index in [-0.39, 0.29) is 30.5 Å². The van der Waals surface area contributed by atoms with Crippen LogP contribution in [0, 0.1) is 0 Å². The summed E-state index contributed by atoms with van der Waals surface area (Å²) in [5.74, 6) is -1.20. The van der Waals surface area contributed by atoms with Gasteiger partial charge >= 0.3 is 11.8 Å². The Bertz CT molecular complexity index is 1760. The van der Waals surface area contributed by atoms with Crippen LogP contribution >= 0.6 is 0 Å². The van der Waals surface area contributed by atoms with Crippen LogP contribution in [-0.2, 0) is 59.8 Å². The molecular weight excluding hydrogens is 682 g/mol. The van der Waals surface area contributed by atoms with Gasteiger partial charge < -0.3 is 30.0 Å². The van der Waals surface area contributed by atoms with E-state index in [0.29, 0.717) is 51.4 Å². The Morgan fingerprint density at radius 2 is 1.55 bits per heavy atom. The number of carbonyl (C=O) groups excluding carboxylic acids is 4. The lowest BCUT2D eigenvalue weighted by atomic mass is 10.1. The number of aryl methyl sites for hydroxylation is 3. The highest BCUT2D eigenvalue weighted by atomic mass is 16.6. The minimum Gasteiger partial charge on any atom is -0.444 e. The molecule has 2 aromatic carbocycles. The predicted molar refractivity (Wildman–Crippen MR) is 199 cm³/mol. The lowest BCUT2D eigenvalue weighted by molar-refractivity contribution is -0.135. The van der Waals surface area contributed by atoms with Gasteiger partial charge in [0.1, 0.15) is 11.6 Å². The molecule has 0 aliphatic carbocycles. The van der Waals surface area contributed by atoms with Crippen molar-refractivity contribution in [2.45, 2.75) is 109 Å². The fourth-order valence-electron chi connectivity index (χ4n) is 6.20. The fraction of sp³-hybridized carbons (Fsp3) is 0.564. The topological polar surface area (TPSA) is 182 Å². The molecule has 2 heterocycles. The molecule has 0 radical (unpaired) electrons. The molecule has 1 aromatic heterocycles. The molecule has 1 fully saturated rings. The van der Waals surface area contributed by atoms with Gasteiger partial charge in [0.25, 0.3) is 0 Å². The average molecular weight is 738 g/mol. The van der Waals surface area contributed by atoms with Crippen LogP contribution in [0.3, 0.4) is 0 Å². The maximum atomic E-state index is 13.0. The molecule has 1 aliphatic rings. The lowest BCUT2D eigenvalue weighted by Crippen LogP contribution is -2.45. The monoisotopic (exact) mass is 737 g/mol. The van der Waals surface area contributed by atoms with Crippen molar-refractivity contribution < 1.29 is 38.1 Å². The quantitative estimate of drug-likeness (QED) is 0.114. The van der Waals surface area contributed by atoms with Crippen LogP contribution in [0.1, 0.15) is 89.0 Å². The number of primary amides is 1. The van der Waals surface area contributed by atoms with Crippen molar-refractivity contribution in [1.29, 1.82) is 0 Å². The first kappa shape index (κ1) is 41.2. The van der Waals surface area contributed by atoms with Gasteiger partial charge in [-0.25, -0.2) is 9.59 Å². The third kappa shape index (κ3) is 12.8. The standard InChI is InChI=1S/C39H55N5O9/c1-26(30(15-18-34(40)45)41-37(48)53-39(2,3)4)52-25-29-12-10-27(11-13-29)8-6-20-50-22-23-51-21-7-9-28-14-16-31-33(24-28)43(5)38(49)44(31)32-17-19-35(46)42-36(32)47/h10-14,16,24,26,30,32H,6-9,15,17-23,25H2,1-5H3,(H2,40,45)(H,41,48)(H,42,46,47)/t26-,30?,32?/m1/s1. The van der Waals surface area contributed by atoms with Crippen LogP contribution in [0.15, 0.2) is 47.3 Å². The van der Waals surface area contributed by atoms with Gasteiger partial charge in [-0.05, 0) is 95.0 Å². The third-order valence-electron chi connectivity index (χ3n) is 9.06. The highest BCUT2D eigenvalue weighted by Crippen LogP contribution is 2.24. The largest absolute Gasteiger partial charge is 0.444 e. The second-order valence-electron chi connectivity index (χ2n) is 14.5. The van der Waals surface area contributed by atoms with Crippen LogP contribution in [0.2, 0.25) is 0 Å². The first-order valence-electron chi connectivity index (χ1n) is 18.4. The summed E-state index contributed by atoms with van der Waals surface area (Å²) in [6.07, 6.45) is 3.39. The van der Waals surface area contributed by atoms with Crippen LogP contribution in [0.4, 0.5) is 4.79 Å². The van der Waals surface area contributed by atoms with E-state index >= 15 is 0 Å². The Labute approximate surface area is 310 Å². The summed E-state index contributed by atoms with van der Waals surface area (Å²) < 4.78 is 26.0. The highest BCUT2D eigenvalue weighted by molar-refractivity contribution is 6.00. The molecule has 2 unspecified atom stereocenters. The number of alkyl carbamates (subject to hydrolysis) is 1. The van der Waals surface area contributed by atoms with Gasteiger partial charge in [0, 0.05) is 33.1 Å². The first-order valence-corrected chi connectivity index (χ1v) is 18.4. The van der Waals surface area contributed by atoms with Gasteiger partial charge in [-0.3, -0.25) is 28.8 Å². The normalized spacial score (nSPS) is 16.0. The number of rotatable bonds is 20. The SMILES string of the molecule is C[C@@H](OCc1ccc(CCCOCCOCCCc2ccc3c(c2)n(C)c(=O)n3C2CCC(=O)NC2=O)cc1)C(CCC(N)=O)NC(=O)OC(C)(C)C. The number of fused-ring (bicyclic) bond motifs is 1. The van der Waals surface area contributed by atoms with Gasteiger partial charge in [-0.2, -0.15) is 0 Å². The Kier molecular flexibility index (Phi) is 15.2. The number of nitrogens with zero attached hydrogens (tertiary/aromatic N) is 2. The Morgan fingerprint density at radius 1 is 0.925 bits per heavy atom. The van der Waals surface area contributed by atoms with Crippen molar-refractivity contribution in [2.75, 3.05) is 26.4 Å². The van der Waals surface area contributed by atoms with Crippen LogP contribution in [0.25, 0.3) is 11.0 Å². The number of carbonyl (C=O) groups is 4. The number of ether oxygens (including phenoxy) is 4. The highest BCUT2D eigenvalue weighted by Gasteiger charge is 2.31. The summed E-state index contributed by atoms with van der Waals surface area (Å²) >= 11 is 0. The number of hydrogen-bond acceptors (Lipinski definition) is 9. The molecule has 0 saturated carbocycles. The van der Waals surface area contributed by atoms with Gasteiger partial charge in [0.05, 0.1) is 43.0 Å². The molecule has 14 nitrogen and oxygen atoms in total. The van der Waals surface area contributed by atoms with E-state index in [1.54, 1.807) is 32.4 Å². The van der Waals surface area contributed by atoms with Gasteiger partial charge in [-0.1, -0.05) is 30.3 Å². The number of hydrogen-bond donors (Lipinski definition) is 3. The summed E-state index contributed by atoms with van der Waals surface area (Å²) in [5.41, 5.74) is 9.10. The number of benzene rings is 2. The second kappa shape index (κ2) is 19.5. The third-order valence-corrected chi connectivity index (χ3v) is 9.06. The van der Waals surface area contributed by atoms with Crippen LogP contribution in [-0.4, -0.2) is 77.1 Å². The Morgan fingerprint density at radius 3 is 2.17 bits per heavy atom. The molecule has 0 bridgehead atoms. The summed E-state index contributed by atoms with van der Waals surface area (Å²) in [4.78, 5) is 60.7. The van der Waals surface area contributed by atoms with Crippen molar-refractivity contribution in [2.24, 2.45) is 12.8 Å².